The molecule has 1 aliphatic rings. The number of nitrogens with one attached hydrogen (secondary N) is 1. The third kappa shape index (κ3) is 6.85. The molecule has 0 spiro atoms. The Morgan fingerprint density at radius 1 is 1.11 bits per heavy atom. The summed E-state index contributed by atoms with van der Waals surface area (Å²) < 4.78 is 38.0. The zero-order chi connectivity index (χ0) is 25.0. The molecule has 0 saturated carbocycles. The molecular weight excluding hydrogens is 534 g/mol. The van der Waals surface area contributed by atoms with E-state index in [4.69, 9.17) is 9.47 Å². The van der Waals surface area contributed by atoms with E-state index in [1.807, 2.05) is 36.4 Å². The molecule has 1 fully saturated rings. The summed E-state index contributed by atoms with van der Waals surface area (Å²) in [5, 5.41) is 7.50. The van der Waals surface area contributed by atoms with Gasteiger partial charge < -0.3 is 14.8 Å². The fraction of sp³-hybridized carbons (Fsp3) is 0.360. The van der Waals surface area contributed by atoms with E-state index in [1.54, 1.807) is 22.9 Å². The summed E-state index contributed by atoms with van der Waals surface area (Å²) in [5.74, 6) is 1.93. The molecule has 1 aromatic heterocycles. The van der Waals surface area contributed by atoms with Crippen molar-refractivity contribution in [3.05, 3.63) is 59.1 Å². The minimum absolute atomic E-state index is 0.00559. The third-order valence-corrected chi connectivity index (χ3v) is 7.75. The number of nitrogens with zero attached hydrogens (tertiary/aromatic N) is 2. The van der Waals surface area contributed by atoms with Crippen molar-refractivity contribution in [1.82, 2.24) is 9.78 Å². The van der Waals surface area contributed by atoms with Crippen molar-refractivity contribution in [2.24, 2.45) is 5.92 Å². The number of amides is 1. The van der Waals surface area contributed by atoms with Crippen LogP contribution in [0.5, 0.6) is 11.5 Å². The van der Waals surface area contributed by atoms with E-state index in [9.17, 15) is 13.2 Å². The van der Waals surface area contributed by atoms with Crippen molar-refractivity contribution >= 4 is 37.5 Å². The summed E-state index contributed by atoms with van der Waals surface area (Å²) in [6.45, 7) is 4.61. The first-order valence-corrected chi connectivity index (χ1v) is 14.0. The molecule has 4 rings (SSSR count). The molecule has 1 aliphatic heterocycles. The van der Waals surface area contributed by atoms with Crippen LogP contribution in [0.2, 0.25) is 0 Å². The Bertz CT molecular complexity index is 1270. The number of sulfone groups is 1. The highest BCUT2D eigenvalue weighted by Gasteiger charge is 2.31. The molecule has 1 amide bonds. The van der Waals surface area contributed by atoms with Gasteiger partial charge >= 0.3 is 0 Å². The molecule has 2 aromatic carbocycles. The Morgan fingerprint density at radius 3 is 2.40 bits per heavy atom. The normalized spacial score (nSPS) is 16.9. The van der Waals surface area contributed by atoms with Gasteiger partial charge in [0.05, 0.1) is 29.8 Å². The van der Waals surface area contributed by atoms with Crippen LogP contribution in [-0.4, -0.2) is 48.8 Å². The number of hydrogen-bond donors (Lipinski definition) is 1. The second-order valence-electron chi connectivity index (χ2n) is 8.94. The largest absolute Gasteiger partial charge is 0.493 e. The Labute approximate surface area is 213 Å². The van der Waals surface area contributed by atoms with Crippen molar-refractivity contribution < 1.29 is 22.7 Å². The molecule has 35 heavy (non-hydrogen) atoms. The van der Waals surface area contributed by atoms with Gasteiger partial charge in [-0.15, -0.1) is 0 Å². The fourth-order valence-electron chi connectivity index (χ4n) is 3.72. The van der Waals surface area contributed by atoms with E-state index in [-0.39, 0.29) is 30.1 Å². The van der Waals surface area contributed by atoms with Gasteiger partial charge in [-0.25, -0.2) is 13.1 Å². The molecule has 10 heteroatoms. The molecule has 0 unspecified atom stereocenters. The molecule has 0 radical (unpaired) electrons. The molecule has 1 saturated heterocycles. The summed E-state index contributed by atoms with van der Waals surface area (Å²) in [5.41, 5.74) is 1.47. The summed E-state index contributed by atoms with van der Waals surface area (Å²) in [6, 6.07) is 16.1. The minimum atomic E-state index is -3.13. The van der Waals surface area contributed by atoms with E-state index >= 15 is 0 Å². The van der Waals surface area contributed by atoms with Gasteiger partial charge in [0.2, 0.25) is 0 Å². The fourth-order valence-corrected chi connectivity index (χ4v) is 5.68. The van der Waals surface area contributed by atoms with Gasteiger partial charge in [0.1, 0.15) is 17.3 Å². The molecule has 186 valence electrons. The molecule has 2 heterocycles. The van der Waals surface area contributed by atoms with Crippen molar-refractivity contribution in [3.8, 4) is 22.8 Å². The smallest absolute Gasteiger partial charge is 0.263 e. The van der Waals surface area contributed by atoms with E-state index in [2.05, 4.69) is 40.2 Å². The summed E-state index contributed by atoms with van der Waals surface area (Å²) in [4.78, 5) is 12.6. The second kappa shape index (κ2) is 10.8. The Balaban J connectivity index is 1.52. The number of aromatic nitrogens is 2. The predicted molar refractivity (Wildman–Crippen MR) is 139 cm³/mol. The highest BCUT2D eigenvalue weighted by molar-refractivity contribution is 9.10. The third-order valence-electron chi connectivity index (χ3n) is 5.47. The van der Waals surface area contributed by atoms with Crippen molar-refractivity contribution in [1.29, 1.82) is 0 Å². The van der Waals surface area contributed by atoms with Crippen LogP contribution >= 0.6 is 15.9 Å². The number of ether oxygens (including phenoxy) is 2. The zero-order valence-corrected chi connectivity index (χ0v) is 22.0. The molecule has 3 aromatic rings. The first-order valence-electron chi connectivity index (χ1n) is 11.4. The Morgan fingerprint density at radius 2 is 1.77 bits per heavy atom. The monoisotopic (exact) mass is 561 g/mol. The van der Waals surface area contributed by atoms with Crippen LogP contribution in [-0.2, 0) is 14.6 Å². The number of carbonyl (C=O) groups is 1. The highest BCUT2D eigenvalue weighted by Crippen LogP contribution is 2.31. The lowest BCUT2D eigenvalue weighted by molar-refractivity contribution is -0.118. The van der Waals surface area contributed by atoms with Crippen molar-refractivity contribution in [2.45, 2.75) is 26.3 Å². The molecule has 0 bridgehead atoms. The first-order chi connectivity index (χ1) is 16.7. The van der Waals surface area contributed by atoms with Gasteiger partial charge in [0, 0.05) is 16.1 Å². The van der Waals surface area contributed by atoms with Crippen molar-refractivity contribution in [3.63, 3.8) is 0 Å². The summed E-state index contributed by atoms with van der Waals surface area (Å²) in [7, 11) is -3.13. The van der Waals surface area contributed by atoms with Crippen molar-refractivity contribution in [2.75, 3.05) is 30.0 Å². The van der Waals surface area contributed by atoms with E-state index in [1.165, 1.54) is 0 Å². The molecule has 1 N–H and O–H groups in total. The lowest BCUT2D eigenvalue weighted by Gasteiger charge is -2.14. The minimum Gasteiger partial charge on any atom is -0.493 e. The van der Waals surface area contributed by atoms with Crippen LogP contribution in [0.4, 0.5) is 5.82 Å². The van der Waals surface area contributed by atoms with Crippen LogP contribution in [0.15, 0.2) is 59.1 Å². The highest BCUT2D eigenvalue weighted by atomic mass is 79.9. The maximum Gasteiger partial charge on any atom is 0.263 e. The van der Waals surface area contributed by atoms with E-state index < -0.39 is 9.84 Å². The number of benzene rings is 2. The number of halogens is 1. The van der Waals surface area contributed by atoms with E-state index in [0.29, 0.717) is 36.2 Å². The second-order valence-corrected chi connectivity index (χ2v) is 12.1. The standard InChI is InChI=1S/C25H28BrN3O5S/c1-17(2)14-33-21-7-3-18(4-8-21)23-13-24(29(28-23)20-11-12-35(31,32)16-20)27-25(30)15-34-22-9-5-19(26)6-10-22/h3-10,13,17,20H,11-12,14-16H2,1-2H3,(H,27,30)/t20-/m0/s1. The predicted octanol–water partition coefficient (Wildman–Crippen LogP) is 4.72. The lowest BCUT2D eigenvalue weighted by atomic mass is 10.1. The summed E-state index contributed by atoms with van der Waals surface area (Å²) >= 11 is 3.36. The molecule has 8 nitrogen and oxygen atoms in total. The van der Waals surface area contributed by atoms with Gasteiger partial charge in [-0.3, -0.25) is 4.79 Å². The van der Waals surface area contributed by atoms with Gasteiger partial charge in [0.25, 0.3) is 5.91 Å². The quantitative estimate of drug-likeness (QED) is 0.405. The number of hydrogen-bond acceptors (Lipinski definition) is 6. The number of rotatable bonds is 9. The van der Waals surface area contributed by atoms with Gasteiger partial charge in [0.15, 0.2) is 16.4 Å². The van der Waals surface area contributed by atoms with Crippen LogP contribution in [0.25, 0.3) is 11.3 Å². The average molecular weight is 562 g/mol. The zero-order valence-electron chi connectivity index (χ0n) is 19.6. The first kappa shape index (κ1) is 25.2. The summed E-state index contributed by atoms with van der Waals surface area (Å²) in [6.07, 6.45) is 0.448. The van der Waals surface area contributed by atoms with Crippen LogP contribution in [0, 0.1) is 5.92 Å². The average Bonchev–Trinajstić information content (AvgIpc) is 3.40. The molecule has 0 aliphatic carbocycles. The lowest BCUT2D eigenvalue weighted by Crippen LogP contribution is -2.23. The maximum atomic E-state index is 12.6. The molecular formula is C25H28BrN3O5S. The van der Waals surface area contributed by atoms with Gasteiger partial charge in [-0.05, 0) is 60.9 Å². The van der Waals surface area contributed by atoms with Gasteiger partial charge in [-0.2, -0.15) is 5.10 Å². The number of anilines is 1. The van der Waals surface area contributed by atoms with Gasteiger partial charge in [-0.1, -0.05) is 29.8 Å². The maximum absolute atomic E-state index is 12.6. The number of carbonyl (C=O) groups excluding carboxylic acids is 1. The Kier molecular flexibility index (Phi) is 7.81. The van der Waals surface area contributed by atoms with Crippen LogP contribution in [0.1, 0.15) is 26.3 Å². The van der Waals surface area contributed by atoms with E-state index in [0.717, 1.165) is 15.8 Å². The topological polar surface area (TPSA) is 99.5 Å². The Hall–Kier alpha value is -2.85. The molecule has 1 atom stereocenters. The SMILES string of the molecule is CC(C)COc1ccc(-c2cc(NC(=O)COc3ccc(Br)cc3)n([C@H]3CCS(=O)(=O)C3)n2)cc1. The van der Waals surface area contributed by atoms with Crippen LogP contribution < -0.4 is 14.8 Å². The van der Waals surface area contributed by atoms with Crippen LogP contribution in [0.3, 0.4) is 0 Å².